The number of nitrogens with two attached hydrogens (primary N) is 1. The highest BCUT2D eigenvalue weighted by Crippen LogP contribution is 2.15. The Hall–Kier alpha value is -0.420. The third-order valence-corrected chi connectivity index (χ3v) is 2.07. The number of hydrogen-bond donors (Lipinski definition) is 1. The summed E-state index contributed by atoms with van der Waals surface area (Å²) in [5.74, 6) is 0.0261. The summed E-state index contributed by atoms with van der Waals surface area (Å²) >= 11 is 7.02. The van der Waals surface area contributed by atoms with Crippen LogP contribution in [0.4, 0.5) is 0 Å². The number of rotatable bonds is 2. The van der Waals surface area contributed by atoms with Gasteiger partial charge in [-0.15, -0.1) is 0 Å². The number of primary amides is 1. The van der Waals surface area contributed by atoms with E-state index in [0.717, 1.165) is 0 Å². The largest absolute Gasteiger partial charge is 0.367 e. The molecule has 1 atom stereocenters. The van der Waals surface area contributed by atoms with Crippen molar-refractivity contribution in [1.29, 1.82) is 0 Å². The van der Waals surface area contributed by atoms with Crippen molar-refractivity contribution in [2.45, 2.75) is 5.50 Å². The minimum Gasteiger partial charge on any atom is -0.367 e. The van der Waals surface area contributed by atoms with Crippen LogP contribution in [0.2, 0.25) is 0 Å². The monoisotopic (exact) mass is 179 g/mol. The molecule has 1 aliphatic heterocycles. The van der Waals surface area contributed by atoms with Crippen LogP contribution in [0.1, 0.15) is 0 Å². The zero-order valence-electron chi connectivity index (χ0n) is 5.03. The van der Waals surface area contributed by atoms with Crippen LogP contribution in [0, 0.1) is 0 Å². The molecule has 0 saturated carbocycles. The van der Waals surface area contributed by atoms with Gasteiger partial charge in [0.1, 0.15) is 0 Å². The van der Waals surface area contributed by atoms with Crippen molar-refractivity contribution in [1.82, 2.24) is 5.01 Å². The number of carbonyl (C=O) groups is 1. The van der Waals surface area contributed by atoms with Crippen LogP contribution in [-0.4, -0.2) is 27.8 Å². The fourth-order valence-corrected chi connectivity index (χ4v) is 1.33. The number of alkyl halides is 1. The van der Waals surface area contributed by atoms with Crippen LogP contribution in [-0.2, 0) is 4.79 Å². The molecule has 2 N–H and O–H groups in total. The summed E-state index contributed by atoms with van der Waals surface area (Å²) < 4.78 is 0. The van der Waals surface area contributed by atoms with Crippen LogP contribution >= 0.6 is 23.4 Å². The number of nitrogens with zero attached hydrogens (tertiary/aromatic N) is 2. The Morgan fingerprint density at radius 3 is 3.10 bits per heavy atom. The van der Waals surface area contributed by atoms with Gasteiger partial charge in [-0.2, -0.15) is 5.10 Å². The van der Waals surface area contributed by atoms with Crippen LogP contribution in [0.5, 0.6) is 0 Å². The first-order valence-electron chi connectivity index (χ1n) is 2.56. The molecule has 0 bridgehead atoms. The maximum absolute atomic E-state index is 10.5. The molecule has 1 amide bonds. The van der Waals surface area contributed by atoms with Crippen molar-refractivity contribution in [3.05, 3.63) is 0 Å². The lowest BCUT2D eigenvalue weighted by molar-refractivity contribution is -0.120. The summed E-state index contributed by atoms with van der Waals surface area (Å²) in [5, 5.41) is 5.22. The summed E-state index contributed by atoms with van der Waals surface area (Å²) in [4.78, 5) is 10.5. The summed E-state index contributed by atoms with van der Waals surface area (Å²) in [7, 11) is 0. The fourth-order valence-electron chi connectivity index (χ4n) is 0.508. The second-order valence-electron chi connectivity index (χ2n) is 1.69. The molecular formula is C4H6ClN3OS. The minimum absolute atomic E-state index is 0.568. The molecule has 0 aliphatic carbocycles. The molecule has 0 saturated heterocycles. The number of amides is 1. The minimum atomic E-state index is -0.814. The van der Waals surface area contributed by atoms with Gasteiger partial charge in [0.25, 0.3) is 5.91 Å². The van der Waals surface area contributed by atoms with Gasteiger partial charge in [-0.05, 0) is 0 Å². The summed E-state index contributed by atoms with van der Waals surface area (Å²) in [6, 6.07) is 0. The first-order valence-corrected chi connectivity index (χ1v) is 4.04. The highest BCUT2D eigenvalue weighted by atomic mass is 35.5. The van der Waals surface area contributed by atoms with Gasteiger partial charge in [0.15, 0.2) is 5.50 Å². The van der Waals surface area contributed by atoms with Crippen molar-refractivity contribution in [3.8, 4) is 0 Å². The van der Waals surface area contributed by atoms with E-state index in [1.807, 2.05) is 0 Å². The number of carbonyl (C=O) groups excluding carboxylic acids is 1. The van der Waals surface area contributed by atoms with E-state index in [2.05, 4.69) is 5.10 Å². The van der Waals surface area contributed by atoms with Crippen LogP contribution in [0.25, 0.3) is 0 Å². The Morgan fingerprint density at radius 1 is 2.00 bits per heavy atom. The number of hydrogen-bond acceptors (Lipinski definition) is 4. The predicted molar refractivity (Wildman–Crippen MR) is 41.6 cm³/mol. The molecule has 1 unspecified atom stereocenters. The van der Waals surface area contributed by atoms with Gasteiger partial charge in [-0.1, -0.05) is 23.4 Å². The molecule has 0 radical (unpaired) electrons. The van der Waals surface area contributed by atoms with Gasteiger partial charge in [0.2, 0.25) is 0 Å². The maximum Gasteiger partial charge on any atom is 0.257 e. The SMILES string of the molecule is NC(=O)C(Cl)N1CSC=N1. The zero-order chi connectivity index (χ0) is 7.56. The van der Waals surface area contributed by atoms with Crippen molar-refractivity contribution < 1.29 is 4.79 Å². The van der Waals surface area contributed by atoms with Crippen LogP contribution < -0.4 is 5.73 Å². The van der Waals surface area contributed by atoms with Gasteiger partial charge < -0.3 is 5.73 Å². The van der Waals surface area contributed by atoms with E-state index in [9.17, 15) is 4.79 Å². The Morgan fingerprint density at radius 2 is 2.70 bits per heavy atom. The molecule has 1 rings (SSSR count). The second-order valence-corrected chi connectivity index (χ2v) is 2.91. The molecule has 0 aromatic rings. The first kappa shape index (κ1) is 7.68. The lowest BCUT2D eigenvalue weighted by Gasteiger charge is -2.15. The highest BCUT2D eigenvalue weighted by molar-refractivity contribution is 8.12. The van der Waals surface area contributed by atoms with E-state index in [4.69, 9.17) is 17.3 Å². The Balaban J connectivity index is 2.48. The van der Waals surface area contributed by atoms with Crippen molar-refractivity contribution in [3.63, 3.8) is 0 Å². The third kappa shape index (κ3) is 1.54. The predicted octanol–water partition coefficient (Wildman–Crippen LogP) is -0.0138. The smallest absolute Gasteiger partial charge is 0.257 e. The van der Waals surface area contributed by atoms with Gasteiger partial charge in [-0.25, -0.2) is 0 Å². The summed E-state index contributed by atoms with van der Waals surface area (Å²) in [6.45, 7) is 0. The first-order chi connectivity index (χ1) is 4.72. The van der Waals surface area contributed by atoms with E-state index < -0.39 is 11.4 Å². The van der Waals surface area contributed by atoms with Crippen molar-refractivity contribution >= 4 is 34.8 Å². The zero-order valence-corrected chi connectivity index (χ0v) is 6.60. The van der Waals surface area contributed by atoms with Gasteiger partial charge >= 0.3 is 0 Å². The van der Waals surface area contributed by atoms with Crippen LogP contribution in [0.3, 0.4) is 0 Å². The molecule has 1 aliphatic rings. The number of hydrazone groups is 1. The van der Waals surface area contributed by atoms with Crippen molar-refractivity contribution in [2.24, 2.45) is 10.8 Å². The topological polar surface area (TPSA) is 58.7 Å². The molecule has 0 aromatic carbocycles. The van der Waals surface area contributed by atoms with E-state index in [0.29, 0.717) is 5.88 Å². The van der Waals surface area contributed by atoms with Gasteiger partial charge in [-0.3, -0.25) is 9.80 Å². The van der Waals surface area contributed by atoms with Crippen molar-refractivity contribution in [2.75, 3.05) is 5.88 Å². The van der Waals surface area contributed by atoms with E-state index in [1.54, 1.807) is 5.55 Å². The number of halogens is 1. The molecule has 0 spiro atoms. The molecular weight excluding hydrogens is 174 g/mol. The standard InChI is InChI=1S/C4H6ClN3OS/c5-3(4(6)9)8-2-10-1-7-8/h1,3H,2H2,(H2,6,9). The Bertz CT molecular complexity index is 174. The summed E-state index contributed by atoms with van der Waals surface area (Å²) in [5.41, 5.74) is 5.73. The molecule has 0 aromatic heterocycles. The lowest BCUT2D eigenvalue weighted by atomic mass is 10.6. The highest BCUT2D eigenvalue weighted by Gasteiger charge is 2.21. The molecule has 0 fully saturated rings. The molecule has 6 heteroatoms. The van der Waals surface area contributed by atoms with Gasteiger partial charge in [0, 0.05) is 0 Å². The normalized spacial score (nSPS) is 19.5. The number of thioether (sulfide) groups is 1. The molecule has 10 heavy (non-hydrogen) atoms. The molecule has 1 heterocycles. The quantitative estimate of drug-likeness (QED) is 0.479. The van der Waals surface area contributed by atoms with E-state index >= 15 is 0 Å². The van der Waals surface area contributed by atoms with Gasteiger partial charge in [0.05, 0.1) is 11.4 Å². The Kier molecular flexibility index (Phi) is 2.39. The molecule has 56 valence electrons. The average molecular weight is 180 g/mol. The van der Waals surface area contributed by atoms with Crippen LogP contribution in [0.15, 0.2) is 5.10 Å². The maximum atomic E-state index is 10.5. The fraction of sp³-hybridized carbons (Fsp3) is 0.500. The summed E-state index contributed by atoms with van der Waals surface area (Å²) in [6.07, 6.45) is 0. The third-order valence-electron chi connectivity index (χ3n) is 0.973. The molecule has 4 nitrogen and oxygen atoms in total. The Labute approximate surface area is 67.4 Å². The second kappa shape index (κ2) is 3.12. The lowest BCUT2D eigenvalue weighted by Crippen LogP contribution is -2.36. The van der Waals surface area contributed by atoms with E-state index in [-0.39, 0.29) is 0 Å². The average Bonchev–Trinajstić information content (AvgIpc) is 2.36. The van der Waals surface area contributed by atoms with E-state index in [1.165, 1.54) is 16.8 Å².